The maximum Gasteiger partial charge on any atom is 0.337 e. The first kappa shape index (κ1) is 13.4. The number of benzene rings is 2. The summed E-state index contributed by atoms with van der Waals surface area (Å²) in [6.45, 7) is 0. The standard InChI is InChI=1S/C14H11ClFNO2/c1-19-14(18)8-2-3-12(13(16)6-8)9-4-10(15)7-11(17)5-9/h2-7H,17H2,1H3. The average Bonchev–Trinajstić information content (AvgIpc) is 2.36. The van der Waals surface area contributed by atoms with E-state index in [2.05, 4.69) is 4.74 Å². The molecule has 19 heavy (non-hydrogen) atoms. The summed E-state index contributed by atoms with van der Waals surface area (Å²) in [5, 5.41) is 0.423. The van der Waals surface area contributed by atoms with E-state index in [1.54, 1.807) is 18.2 Å². The highest BCUT2D eigenvalue weighted by molar-refractivity contribution is 6.31. The lowest BCUT2D eigenvalue weighted by molar-refractivity contribution is 0.0600. The fourth-order valence-corrected chi connectivity index (χ4v) is 2.01. The van der Waals surface area contributed by atoms with Crippen molar-refractivity contribution < 1.29 is 13.9 Å². The van der Waals surface area contributed by atoms with E-state index in [0.29, 0.717) is 21.8 Å². The van der Waals surface area contributed by atoms with Crippen LogP contribution in [0.3, 0.4) is 0 Å². The van der Waals surface area contributed by atoms with Gasteiger partial charge in [0.05, 0.1) is 12.7 Å². The van der Waals surface area contributed by atoms with Crippen molar-refractivity contribution in [1.82, 2.24) is 0 Å². The molecular weight excluding hydrogens is 269 g/mol. The number of ether oxygens (including phenoxy) is 1. The Morgan fingerprint density at radius 2 is 2.00 bits per heavy atom. The number of hydrogen-bond donors (Lipinski definition) is 1. The molecule has 2 rings (SSSR count). The van der Waals surface area contributed by atoms with E-state index in [9.17, 15) is 9.18 Å². The third kappa shape index (κ3) is 2.85. The lowest BCUT2D eigenvalue weighted by Crippen LogP contribution is -2.02. The highest BCUT2D eigenvalue weighted by Gasteiger charge is 2.11. The number of halogens is 2. The number of carbonyl (C=O) groups is 1. The minimum absolute atomic E-state index is 0.152. The van der Waals surface area contributed by atoms with E-state index in [1.807, 2.05) is 0 Å². The van der Waals surface area contributed by atoms with Crippen LogP contribution >= 0.6 is 11.6 Å². The third-order valence-corrected chi connectivity index (χ3v) is 2.84. The molecule has 5 heteroatoms. The molecular formula is C14H11ClFNO2. The fraction of sp³-hybridized carbons (Fsp3) is 0.0714. The van der Waals surface area contributed by atoms with Gasteiger partial charge in [-0.25, -0.2) is 9.18 Å². The molecule has 0 heterocycles. The first-order chi connectivity index (χ1) is 9.01. The molecule has 98 valence electrons. The number of carbonyl (C=O) groups excluding carboxylic acids is 1. The Labute approximate surface area is 114 Å². The monoisotopic (exact) mass is 279 g/mol. The molecule has 2 aromatic carbocycles. The van der Waals surface area contributed by atoms with Gasteiger partial charge in [-0.2, -0.15) is 0 Å². The topological polar surface area (TPSA) is 52.3 Å². The van der Waals surface area contributed by atoms with Gasteiger partial charge in [-0.3, -0.25) is 0 Å². The van der Waals surface area contributed by atoms with Gasteiger partial charge < -0.3 is 10.5 Å². The van der Waals surface area contributed by atoms with Gasteiger partial charge in [0, 0.05) is 16.3 Å². The highest BCUT2D eigenvalue weighted by Crippen LogP contribution is 2.28. The van der Waals surface area contributed by atoms with E-state index in [4.69, 9.17) is 17.3 Å². The molecule has 0 amide bonds. The second kappa shape index (κ2) is 5.28. The Bertz CT molecular complexity index is 623. The van der Waals surface area contributed by atoms with E-state index >= 15 is 0 Å². The van der Waals surface area contributed by atoms with Crippen molar-refractivity contribution in [1.29, 1.82) is 0 Å². The van der Waals surface area contributed by atoms with Crippen LogP contribution in [-0.4, -0.2) is 13.1 Å². The van der Waals surface area contributed by atoms with Crippen molar-refractivity contribution >= 4 is 23.3 Å². The second-order valence-electron chi connectivity index (χ2n) is 3.96. The van der Waals surface area contributed by atoms with Crippen LogP contribution in [0.5, 0.6) is 0 Å². The number of anilines is 1. The molecule has 0 spiro atoms. The Kier molecular flexibility index (Phi) is 3.71. The van der Waals surface area contributed by atoms with Crippen molar-refractivity contribution in [2.45, 2.75) is 0 Å². The molecule has 2 N–H and O–H groups in total. The van der Waals surface area contributed by atoms with Crippen LogP contribution < -0.4 is 5.73 Å². The number of hydrogen-bond acceptors (Lipinski definition) is 3. The zero-order valence-corrected chi connectivity index (χ0v) is 10.9. The minimum atomic E-state index is -0.587. The Morgan fingerprint density at radius 3 is 2.58 bits per heavy atom. The Balaban J connectivity index is 2.49. The van der Waals surface area contributed by atoms with Gasteiger partial charge in [0.1, 0.15) is 5.82 Å². The summed E-state index contributed by atoms with van der Waals surface area (Å²) in [5.74, 6) is -1.12. The number of esters is 1. The quantitative estimate of drug-likeness (QED) is 0.676. The van der Waals surface area contributed by atoms with Crippen molar-refractivity contribution in [3.63, 3.8) is 0 Å². The first-order valence-corrected chi connectivity index (χ1v) is 5.83. The highest BCUT2D eigenvalue weighted by atomic mass is 35.5. The largest absolute Gasteiger partial charge is 0.465 e. The maximum atomic E-state index is 14.0. The Hall–Kier alpha value is -2.07. The summed E-state index contributed by atoms with van der Waals surface area (Å²) in [4.78, 5) is 11.3. The van der Waals surface area contributed by atoms with Gasteiger partial charge in [-0.05, 0) is 35.9 Å². The van der Waals surface area contributed by atoms with Crippen LogP contribution in [0.1, 0.15) is 10.4 Å². The summed E-state index contributed by atoms with van der Waals surface area (Å²) in [7, 11) is 1.24. The van der Waals surface area contributed by atoms with Crippen LogP contribution in [0.2, 0.25) is 5.02 Å². The van der Waals surface area contributed by atoms with Gasteiger partial charge >= 0.3 is 5.97 Å². The summed E-state index contributed by atoms with van der Waals surface area (Å²) < 4.78 is 18.5. The van der Waals surface area contributed by atoms with Gasteiger partial charge in [-0.1, -0.05) is 17.7 Å². The van der Waals surface area contributed by atoms with Gasteiger partial charge in [0.15, 0.2) is 0 Å². The molecule has 0 unspecified atom stereocenters. The molecule has 0 radical (unpaired) electrons. The molecule has 0 aliphatic rings. The van der Waals surface area contributed by atoms with Crippen molar-refractivity contribution in [3.05, 3.63) is 52.8 Å². The molecule has 3 nitrogen and oxygen atoms in total. The predicted molar refractivity (Wildman–Crippen MR) is 72.6 cm³/mol. The molecule has 0 atom stereocenters. The first-order valence-electron chi connectivity index (χ1n) is 5.45. The van der Waals surface area contributed by atoms with E-state index in [1.165, 1.54) is 19.2 Å². The molecule has 0 fully saturated rings. The summed E-state index contributed by atoms with van der Waals surface area (Å²) in [5.41, 5.74) is 7.14. The molecule has 0 aliphatic heterocycles. The SMILES string of the molecule is COC(=O)c1ccc(-c2cc(N)cc(Cl)c2)c(F)c1. The minimum Gasteiger partial charge on any atom is -0.465 e. The lowest BCUT2D eigenvalue weighted by atomic mass is 10.0. The van der Waals surface area contributed by atoms with E-state index in [-0.39, 0.29) is 5.56 Å². The van der Waals surface area contributed by atoms with Crippen molar-refractivity contribution in [3.8, 4) is 11.1 Å². The lowest BCUT2D eigenvalue weighted by Gasteiger charge is -2.07. The predicted octanol–water partition coefficient (Wildman–Crippen LogP) is 3.51. The zero-order valence-electron chi connectivity index (χ0n) is 10.1. The van der Waals surface area contributed by atoms with Gasteiger partial charge in [-0.15, -0.1) is 0 Å². The third-order valence-electron chi connectivity index (χ3n) is 2.62. The van der Waals surface area contributed by atoms with E-state index < -0.39 is 11.8 Å². The van der Waals surface area contributed by atoms with Crippen molar-refractivity contribution in [2.24, 2.45) is 0 Å². The molecule has 0 saturated heterocycles. The zero-order chi connectivity index (χ0) is 14.0. The molecule has 0 aromatic heterocycles. The van der Waals surface area contributed by atoms with Crippen molar-refractivity contribution in [2.75, 3.05) is 12.8 Å². The molecule has 0 aliphatic carbocycles. The van der Waals surface area contributed by atoms with Crippen LogP contribution in [0.25, 0.3) is 11.1 Å². The van der Waals surface area contributed by atoms with Crippen LogP contribution in [0.4, 0.5) is 10.1 Å². The molecule has 0 bridgehead atoms. The second-order valence-corrected chi connectivity index (χ2v) is 4.40. The average molecular weight is 280 g/mol. The molecule has 2 aromatic rings. The Morgan fingerprint density at radius 1 is 1.26 bits per heavy atom. The normalized spacial score (nSPS) is 10.3. The summed E-state index contributed by atoms with van der Waals surface area (Å²) in [6.07, 6.45) is 0. The van der Waals surface area contributed by atoms with Gasteiger partial charge in [0.2, 0.25) is 0 Å². The maximum absolute atomic E-state index is 14.0. The molecule has 0 saturated carbocycles. The summed E-state index contributed by atoms with van der Waals surface area (Å²) in [6, 6.07) is 8.90. The smallest absolute Gasteiger partial charge is 0.337 e. The van der Waals surface area contributed by atoms with E-state index in [0.717, 1.165) is 6.07 Å². The number of rotatable bonds is 2. The summed E-state index contributed by atoms with van der Waals surface area (Å²) >= 11 is 5.88. The number of nitrogens with two attached hydrogens (primary N) is 1. The van der Waals surface area contributed by atoms with Gasteiger partial charge in [0.25, 0.3) is 0 Å². The number of methoxy groups -OCH3 is 1. The van der Waals surface area contributed by atoms with Crippen LogP contribution in [-0.2, 0) is 4.74 Å². The fourth-order valence-electron chi connectivity index (χ4n) is 1.76. The number of nitrogen functional groups attached to an aromatic ring is 1. The van der Waals surface area contributed by atoms with Crippen LogP contribution in [0.15, 0.2) is 36.4 Å². The van der Waals surface area contributed by atoms with Crippen LogP contribution in [0, 0.1) is 5.82 Å².